The van der Waals surface area contributed by atoms with Gasteiger partial charge >= 0.3 is 11.9 Å². The Labute approximate surface area is 113 Å². The van der Waals surface area contributed by atoms with Crippen LogP contribution in [0.15, 0.2) is 18.2 Å². The van der Waals surface area contributed by atoms with Crippen molar-refractivity contribution in [3.63, 3.8) is 0 Å². The number of carbonyl (C=O) groups is 2. The number of aliphatic carboxylic acids is 1. The summed E-state index contributed by atoms with van der Waals surface area (Å²) in [7, 11) is 0. The van der Waals surface area contributed by atoms with E-state index in [0.29, 0.717) is 0 Å². The maximum Gasteiger partial charge on any atom is 0.323 e. The van der Waals surface area contributed by atoms with E-state index in [1.807, 2.05) is 32.0 Å². The van der Waals surface area contributed by atoms with Gasteiger partial charge in [0.05, 0.1) is 6.61 Å². The molecular formula is C15H20O4. The van der Waals surface area contributed by atoms with Crippen molar-refractivity contribution >= 4 is 11.9 Å². The Morgan fingerprint density at radius 2 is 1.95 bits per heavy atom. The Balaban J connectivity index is 3.08. The van der Waals surface area contributed by atoms with Crippen molar-refractivity contribution < 1.29 is 19.4 Å². The summed E-state index contributed by atoms with van der Waals surface area (Å²) in [5.74, 6) is -1.85. The smallest absolute Gasteiger partial charge is 0.323 e. The highest BCUT2D eigenvalue weighted by Gasteiger charge is 2.43. The predicted molar refractivity (Wildman–Crippen MR) is 72.0 cm³/mol. The van der Waals surface area contributed by atoms with Gasteiger partial charge in [-0.05, 0) is 45.2 Å². The van der Waals surface area contributed by atoms with Gasteiger partial charge in [0.25, 0.3) is 0 Å². The van der Waals surface area contributed by atoms with E-state index >= 15 is 0 Å². The zero-order valence-corrected chi connectivity index (χ0v) is 11.8. The normalized spacial score (nSPS) is 13.7. The van der Waals surface area contributed by atoms with Crippen LogP contribution in [-0.4, -0.2) is 23.7 Å². The zero-order valence-electron chi connectivity index (χ0n) is 11.8. The summed E-state index contributed by atoms with van der Waals surface area (Å²) in [6, 6.07) is 5.75. The number of carboxylic acid groups (broad SMARTS) is 1. The quantitative estimate of drug-likeness (QED) is 0.655. The lowest BCUT2D eigenvalue weighted by atomic mass is 9.82. The minimum Gasteiger partial charge on any atom is -0.480 e. The second kappa shape index (κ2) is 5.87. The summed E-state index contributed by atoms with van der Waals surface area (Å²) in [6.45, 7) is 7.13. The number of carboxylic acids is 1. The van der Waals surface area contributed by atoms with E-state index in [2.05, 4.69) is 0 Å². The van der Waals surface area contributed by atoms with Crippen LogP contribution < -0.4 is 0 Å². The topological polar surface area (TPSA) is 63.6 Å². The molecule has 1 aromatic rings. The van der Waals surface area contributed by atoms with Crippen molar-refractivity contribution in [3.05, 3.63) is 34.9 Å². The van der Waals surface area contributed by atoms with E-state index in [1.165, 1.54) is 6.92 Å². The molecule has 0 radical (unpaired) electrons. The summed E-state index contributed by atoms with van der Waals surface area (Å²) in [5.41, 5.74) is 1.39. The minimum atomic E-state index is -1.55. The summed E-state index contributed by atoms with van der Waals surface area (Å²) in [5, 5.41) is 9.34. The lowest BCUT2D eigenvalue weighted by Crippen LogP contribution is -2.40. The molecule has 0 bridgehead atoms. The maximum atomic E-state index is 11.9. The highest BCUT2D eigenvalue weighted by atomic mass is 16.5. The Bertz CT molecular complexity index is 493. The van der Waals surface area contributed by atoms with Gasteiger partial charge < -0.3 is 9.84 Å². The Morgan fingerprint density at radius 3 is 2.42 bits per heavy atom. The largest absolute Gasteiger partial charge is 0.480 e. The number of rotatable bonds is 5. The molecule has 1 rings (SSSR count). The van der Waals surface area contributed by atoms with Crippen molar-refractivity contribution in [2.24, 2.45) is 5.41 Å². The van der Waals surface area contributed by atoms with Gasteiger partial charge in [0.1, 0.15) is 0 Å². The summed E-state index contributed by atoms with van der Waals surface area (Å²) >= 11 is 0. The van der Waals surface area contributed by atoms with E-state index in [0.717, 1.165) is 16.7 Å². The average molecular weight is 264 g/mol. The fourth-order valence-electron chi connectivity index (χ4n) is 1.95. The summed E-state index contributed by atoms with van der Waals surface area (Å²) in [4.78, 5) is 23.3. The van der Waals surface area contributed by atoms with Crippen LogP contribution in [-0.2, 0) is 20.7 Å². The van der Waals surface area contributed by atoms with Gasteiger partial charge in [-0.2, -0.15) is 0 Å². The number of benzene rings is 1. The van der Waals surface area contributed by atoms with Crippen molar-refractivity contribution in [2.45, 2.75) is 34.1 Å². The second-order valence-corrected chi connectivity index (χ2v) is 4.96. The van der Waals surface area contributed by atoms with Crippen molar-refractivity contribution in [3.8, 4) is 0 Å². The first-order chi connectivity index (χ1) is 8.81. The number of carbonyl (C=O) groups excluding carboxylic acids is 1. The van der Waals surface area contributed by atoms with E-state index in [-0.39, 0.29) is 13.0 Å². The molecule has 4 heteroatoms. The van der Waals surface area contributed by atoms with Crippen LogP contribution in [0.2, 0.25) is 0 Å². The molecule has 1 aromatic carbocycles. The lowest BCUT2D eigenvalue weighted by molar-refractivity contribution is -0.167. The van der Waals surface area contributed by atoms with E-state index in [9.17, 15) is 14.7 Å². The molecule has 0 heterocycles. The van der Waals surface area contributed by atoms with Crippen LogP contribution in [0.25, 0.3) is 0 Å². The molecule has 0 amide bonds. The van der Waals surface area contributed by atoms with Crippen molar-refractivity contribution in [2.75, 3.05) is 6.61 Å². The Kier molecular flexibility index (Phi) is 4.70. The summed E-state index contributed by atoms with van der Waals surface area (Å²) < 4.78 is 4.88. The molecule has 0 saturated heterocycles. The number of hydrogen-bond acceptors (Lipinski definition) is 3. The number of esters is 1. The molecule has 1 atom stereocenters. The van der Waals surface area contributed by atoms with Gasteiger partial charge in [-0.25, -0.2) is 0 Å². The first-order valence-electron chi connectivity index (χ1n) is 6.28. The molecule has 1 unspecified atom stereocenters. The molecule has 0 spiro atoms. The van der Waals surface area contributed by atoms with Crippen LogP contribution in [0.5, 0.6) is 0 Å². The number of aryl methyl sites for hydroxylation is 2. The number of ether oxygens (including phenoxy) is 1. The standard InChI is InChI=1S/C15H20O4/c1-5-19-14(18)15(4,13(16)17)9-12-7-6-10(2)8-11(12)3/h6-8H,5,9H2,1-4H3,(H,16,17). The third-order valence-electron chi connectivity index (χ3n) is 3.24. The van der Waals surface area contributed by atoms with Crippen molar-refractivity contribution in [1.82, 2.24) is 0 Å². The molecular weight excluding hydrogens is 244 g/mol. The predicted octanol–water partition coefficient (Wildman–Crippen LogP) is 2.50. The van der Waals surface area contributed by atoms with E-state index < -0.39 is 17.4 Å². The molecule has 0 fully saturated rings. The third-order valence-corrected chi connectivity index (χ3v) is 3.24. The minimum absolute atomic E-state index is 0.132. The Hall–Kier alpha value is -1.84. The highest BCUT2D eigenvalue weighted by Crippen LogP contribution is 2.27. The first-order valence-corrected chi connectivity index (χ1v) is 6.28. The number of hydrogen-bond donors (Lipinski definition) is 1. The van der Waals surface area contributed by atoms with E-state index in [1.54, 1.807) is 6.92 Å². The van der Waals surface area contributed by atoms with Gasteiger partial charge in [-0.1, -0.05) is 23.8 Å². The lowest BCUT2D eigenvalue weighted by Gasteiger charge is -2.23. The zero-order chi connectivity index (χ0) is 14.6. The van der Waals surface area contributed by atoms with Crippen LogP contribution in [0.3, 0.4) is 0 Å². The Morgan fingerprint density at radius 1 is 1.32 bits per heavy atom. The van der Waals surface area contributed by atoms with Crippen LogP contribution in [0.4, 0.5) is 0 Å². The third kappa shape index (κ3) is 3.34. The van der Waals surface area contributed by atoms with E-state index in [4.69, 9.17) is 4.74 Å². The molecule has 1 N–H and O–H groups in total. The van der Waals surface area contributed by atoms with Crippen LogP contribution in [0.1, 0.15) is 30.5 Å². The summed E-state index contributed by atoms with van der Waals surface area (Å²) in [6.07, 6.45) is 0.132. The van der Waals surface area contributed by atoms with Gasteiger partial charge in [-0.3, -0.25) is 9.59 Å². The highest BCUT2D eigenvalue weighted by molar-refractivity contribution is 5.99. The molecule has 0 saturated carbocycles. The SMILES string of the molecule is CCOC(=O)C(C)(Cc1ccc(C)cc1C)C(=O)O. The molecule has 0 aliphatic heterocycles. The fourth-order valence-corrected chi connectivity index (χ4v) is 1.95. The van der Waals surface area contributed by atoms with Crippen molar-refractivity contribution in [1.29, 1.82) is 0 Å². The van der Waals surface area contributed by atoms with Gasteiger partial charge in [0.15, 0.2) is 5.41 Å². The average Bonchev–Trinajstić information content (AvgIpc) is 2.32. The molecule has 4 nitrogen and oxygen atoms in total. The first kappa shape index (κ1) is 15.2. The van der Waals surface area contributed by atoms with Crippen LogP contribution in [0, 0.1) is 19.3 Å². The fraction of sp³-hybridized carbons (Fsp3) is 0.467. The molecule has 0 aromatic heterocycles. The van der Waals surface area contributed by atoms with Gasteiger partial charge in [0, 0.05) is 0 Å². The van der Waals surface area contributed by atoms with Crippen LogP contribution >= 0.6 is 0 Å². The molecule has 0 aliphatic carbocycles. The molecule has 104 valence electrons. The molecule has 19 heavy (non-hydrogen) atoms. The second-order valence-electron chi connectivity index (χ2n) is 4.96. The monoisotopic (exact) mass is 264 g/mol. The maximum absolute atomic E-state index is 11.9. The van der Waals surface area contributed by atoms with Gasteiger partial charge in [0.2, 0.25) is 0 Å². The molecule has 0 aliphatic rings. The van der Waals surface area contributed by atoms with Gasteiger partial charge in [-0.15, -0.1) is 0 Å².